The van der Waals surface area contributed by atoms with Gasteiger partial charge >= 0.3 is 0 Å². The van der Waals surface area contributed by atoms with Crippen LogP contribution in [0, 0.1) is 0 Å². The molecule has 0 spiro atoms. The Labute approximate surface area is 214 Å². The van der Waals surface area contributed by atoms with Crippen LogP contribution in [0.2, 0.25) is 0 Å². The van der Waals surface area contributed by atoms with Gasteiger partial charge in [0, 0.05) is 34.7 Å². The van der Waals surface area contributed by atoms with Crippen LogP contribution < -0.4 is 19.5 Å². The smallest absolute Gasteiger partial charge is 0.256 e. The third-order valence-corrected chi connectivity index (χ3v) is 6.00. The lowest BCUT2D eigenvalue weighted by molar-refractivity contribution is 0.102. The molecule has 5 rings (SSSR count). The molecular weight excluding hydrogens is 470 g/mol. The van der Waals surface area contributed by atoms with E-state index in [-0.39, 0.29) is 11.3 Å². The number of ether oxygens (including phenoxy) is 3. The highest BCUT2D eigenvalue weighted by atomic mass is 16.5. The molecule has 2 heterocycles. The molecule has 8 nitrogen and oxygen atoms in total. The van der Waals surface area contributed by atoms with Crippen LogP contribution in [0.4, 0.5) is 5.82 Å². The molecule has 0 bridgehead atoms. The second-order valence-corrected chi connectivity index (χ2v) is 9.64. The van der Waals surface area contributed by atoms with E-state index >= 15 is 0 Å². The number of hydrogen-bond acceptors (Lipinski definition) is 7. The van der Waals surface area contributed by atoms with Gasteiger partial charge in [-0.15, -0.1) is 0 Å². The first-order chi connectivity index (χ1) is 17.7. The van der Waals surface area contributed by atoms with Crippen molar-refractivity contribution >= 4 is 33.4 Å². The number of aromatic nitrogens is 2. The number of nitrogens with zero attached hydrogens (tertiary/aromatic N) is 2. The SMILES string of the molecule is COc1cc2nccc(Oc3ccc4ccc(C(=O)Nc5cc(C(C)(C)C)on5)cc4c3)c2cc1OC. The van der Waals surface area contributed by atoms with Crippen LogP contribution in [0.25, 0.3) is 21.7 Å². The molecule has 0 aliphatic heterocycles. The molecule has 3 aromatic carbocycles. The lowest BCUT2D eigenvalue weighted by Crippen LogP contribution is -2.12. The summed E-state index contributed by atoms with van der Waals surface area (Å²) in [6.45, 7) is 6.05. The molecule has 0 fully saturated rings. The fraction of sp³-hybridized carbons (Fsp3) is 0.207. The van der Waals surface area contributed by atoms with Gasteiger partial charge in [0.15, 0.2) is 17.3 Å². The first kappa shape index (κ1) is 24.1. The van der Waals surface area contributed by atoms with Gasteiger partial charge in [-0.3, -0.25) is 9.78 Å². The quantitative estimate of drug-likeness (QED) is 0.278. The summed E-state index contributed by atoms with van der Waals surface area (Å²) in [6, 6.07) is 18.4. The summed E-state index contributed by atoms with van der Waals surface area (Å²) in [5.74, 6) is 3.23. The number of hydrogen-bond donors (Lipinski definition) is 1. The highest BCUT2D eigenvalue weighted by Gasteiger charge is 2.20. The Morgan fingerprint density at radius 2 is 1.62 bits per heavy atom. The van der Waals surface area contributed by atoms with Crippen molar-refractivity contribution in [2.75, 3.05) is 19.5 Å². The third kappa shape index (κ3) is 4.91. The molecule has 2 aromatic heterocycles. The van der Waals surface area contributed by atoms with Crippen molar-refractivity contribution in [3.8, 4) is 23.0 Å². The number of benzene rings is 3. The highest BCUT2D eigenvalue weighted by molar-refractivity contribution is 6.06. The van der Waals surface area contributed by atoms with E-state index in [1.807, 2.05) is 63.2 Å². The Balaban J connectivity index is 1.42. The van der Waals surface area contributed by atoms with Crippen molar-refractivity contribution in [2.45, 2.75) is 26.2 Å². The first-order valence-corrected chi connectivity index (χ1v) is 11.8. The van der Waals surface area contributed by atoms with Gasteiger partial charge in [0.05, 0.1) is 19.7 Å². The minimum atomic E-state index is -0.275. The van der Waals surface area contributed by atoms with Crippen molar-refractivity contribution in [1.29, 1.82) is 0 Å². The second kappa shape index (κ2) is 9.46. The number of methoxy groups -OCH3 is 2. The predicted molar refractivity (Wildman–Crippen MR) is 142 cm³/mol. The maximum absolute atomic E-state index is 12.9. The van der Waals surface area contributed by atoms with E-state index < -0.39 is 0 Å². The Morgan fingerprint density at radius 1 is 0.865 bits per heavy atom. The number of pyridine rings is 1. The normalized spacial score (nSPS) is 11.5. The highest BCUT2D eigenvalue weighted by Crippen LogP contribution is 2.37. The van der Waals surface area contributed by atoms with Crippen molar-refractivity contribution in [3.63, 3.8) is 0 Å². The van der Waals surface area contributed by atoms with Crippen molar-refractivity contribution in [2.24, 2.45) is 0 Å². The summed E-state index contributed by atoms with van der Waals surface area (Å²) < 4.78 is 22.4. The van der Waals surface area contributed by atoms with Crippen LogP contribution in [0.15, 0.2) is 71.4 Å². The largest absolute Gasteiger partial charge is 0.493 e. The summed E-state index contributed by atoms with van der Waals surface area (Å²) in [5, 5.41) is 9.40. The monoisotopic (exact) mass is 497 g/mol. The third-order valence-electron chi connectivity index (χ3n) is 6.00. The van der Waals surface area contributed by atoms with E-state index in [1.165, 1.54) is 0 Å². The number of nitrogens with one attached hydrogen (secondary N) is 1. The summed E-state index contributed by atoms with van der Waals surface area (Å²) in [5.41, 5.74) is 1.01. The van der Waals surface area contributed by atoms with E-state index in [9.17, 15) is 4.79 Å². The lowest BCUT2D eigenvalue weighted by atomic mass is 9.93. The zero-order chi connectivity index (χ0) is 26.2. The number of fused-ring (bicyclic) bond motifs is 2. The summed E-state index contributed by atoms with van der Waals surface area (Å²) in [7, 11) is 3.17. The van der Waals surface area contributed by atoms with Crippen molar-refractivity contribution in [3.05, 3.63) is 78.2 Å². The molecule has 5 aromatic rings. The molecule has 1 amide bonds. The van der Waals surface area contributed by atoms with E-state index in [0.29, 0.717) is 40.1 Å². The number of carbonyl (C=O) groups excluding carboxylic acids is 1. The Bertz CT molecular complexity index is 1620. The Hall–Kier alpha value is -4.59. The number of carbonyl (C=O) groups is 1. The van der Waals surface area contributed by atoms with Gasteiger partial charge in [-0.05, 0) is 47.2 Å². The molecule has 0 radical (unpaired) electrons. The van der Waals surface area contributed by atoms with Crippen molar-refractivity contribution in [1.82, 2.24) is 10.1 Å². The Kier molecular flexibility index (Phi) is 6.17. The average molecular weight is 498 g/mol. The van der Waals surface area contributed by atoms with Gasteiger partial charge in [0.25, 0.3) is 5.91 Å². The fourth-order valence-corrected chi connectivity index (χ4v) is 3.97. The van der Waals surface area contributed by atoms with E-state index in [2.05, 4.69) is 15.5 Å². The lowest BCUT2D eigenvalue weighted by Gasteiger charge is -2.13. The topological polar surface area (TPSA) is 95.7 Å². The Morgan fingerprint density at radius 3 is 2.35 bits per heavy atom. The molecule has 8 heteroatoms. The minimum absolute atomic E-state index is 0.202. The molecule has 0 aliphatic rings. The van der Waals surface area contributed by atoms with E-state index in [4.69, 9.17) is 18.7 Å². The van der Waals surface area contributed by atoms with Crippen LogP contribution in [0.5, 0.6) is 23.0 Å². The summed E-state index contributed by atoms with van der Waals surface area (Å²) >= 11 is 0. The van der Waals surface area contributed by atoms with Crippen LogP contribution >= 0.6 is 0 Å². The average Bonchev–Trinajstić information content (AvgIpc) is 3.37. The molecule has 0 unspecified atom stereocenters. The first-order valence-electron chi connectivity index (χ1n) is 11.8. The van der Waals surface area contributed by atoms with Gasteiger partial charge < -0.3 is 24.1 Å². The maximum atomic E-state index is 12.9. The molecule has 1 N–H and O–H groups in total. The zero-order valence-corrected chi connectivity index (χ0v) is 21.3. The van der Waals surface area contributed by atoms with Gasteiger partial charge in [-0.1, -0.05) is 38.1 Å². The molecular formula is C29H27N3O5. The van der Waals surface area contributed by atoms with Crippen LogP contribution in [0.1, 0.15) is 36.9 Å². The summed E-state index contributed by atoms with van der Waals surface area (Å²) in [4.78, 5) is 17.3. The molecule has 188 valence electrons. The number of anilines is 1. The number of amides is 1. The molecule has 0 saturated carbocycles. The fourth-order valence-electron chi connectivity index (χ4n) is 3.97. The van der Waals surface area contributed by atoms with E-state index in [0.717, 1.165) is 21.7 Å². The van der Waals surface area contributed by atoms with Crippen LogP contribution in [-0.4, -0.2) is 30.3 Å². The van der Waals surface area contributed by atoms with E-state index in [1.54, 1.807) is 38.6 Å². The van der Waals surface area contributed by atoms with Gasteiger partial charge in [0.2, 0.25) is 0 Å². The minimum Gasteiger partial charge on any atom is -0.493 e. The molecule has 0 aliphatic carbocycles. The number of rotatable bonds is 6. The van der Waals surface area contributed by atoms with Crippen LogP contribution in [-0.2, 0) is 5.41 Å². The van der Waals surface area contributed by atoms with Gasteiger partial charge in [-0.25, -0.2) is 0 Å². The molecule has 37 heavy (non-hydrogen) atoms. The molecule has 0 saturated heterocycles. The summed E-state index contributed by atoms with van der Waals surface area (Å²) in [6.07, 6.45) is 1.68. The molecule has 0 atom stereocenters. The van der Waals surface area contributed by atoms with Gasteiger partial charge in [0.1, 0.15) is 17.3 Å². The standard InChI is InChI=1S/C29H27N3O5/c1-29(2,3)26-16-27(32-37-26)31-28(33)18-7-6-17-8-9-20(13-19(17)12-18)36-23-10-11-30-22-15-25(35-5)24(34-4)14-21(22)23/h6-16H,1-5H3,(H,31,32,33). The van der Waals surface area contributed by atoms with Crippen LogP contribution in [0.3, 0.4) is 0 Å². The zero-order valence-electron chi connectivity index (χ0n) is 21.3. The predicted octanol–water partition coefficient (Wildman–Crippen LogP) is 6.74. The van der Waals surface area contributed by atoms with Crippen molar-refractivity contribution < 1.29 is 23.5 Å². The van der Waals surface area contributed by atoms with Gasteiger partial charge in [-0.2, -0.15) is 0 Å². The second-order valence-electron chi connectivity index (χ2n) is 9.64. The maximum Gasteiger partial charge on any atom is 0.256 e.